The minimum atomic E-state index is -0.315. The number of nitrogens with zero attached hydrogens (tertiary/aromatic N) is 1. The molecule has 0 saturated carbocycles. The van der Waals surface area contributed by atoms with Crippen molar-refractivity contribution in [2.75, 3.05) is 5.32 Å². The topological polar surface area (TPSA) is 68.3 Å². The molecule has 0 bridgehead atoms. The standard InChI is InChI=1S/C13H9BrN2O3/c1-7-15-9-6-8(2-3-10(9)18-7)16-13(17)11-4-5-12(14)19-11/h2-6H,1H3,(H,16,17). The van der Waals surface area contributed by atoms with E-state index in [1.165, 1.54) is 0 Å². The van der Waals surface area contributed by atoms with Crippen LogP contribution in [0.4, 0.5) is 5.69 Å². The first kappa shape index (κ1) is 12.0. The molecule has 6 heteroatoms. The summed E-state index contributed by atoms with van der Waals surface area (Å²) in [5.74, 6) is 0.516. The molecule has 96 valence electrons. The third-order valence-corrected chi connectivity index (χ3v) is 2.98. The van der Waals surface area contributed by atoms with E-state index in [9.17, 15) is 4.79 Å². The molecule has 0 saturated heterocycles. The zero-order valence-corrected chi connectivity index (χ0v) is 11.5. The molecule has 2 aromatic heterocycles. The number of hydrogen-bond donors (Lipinski definition) is 1. The third-order valence-electron chi connectivity index (χ3n) is 2.55. The molecule has 1 aromatic carbocycles. The van der Waals surface area contributed by atoms with Crippen LogP contribution < -0.4 is 5.32 Å². The fraction of sp³-hybridized carbons (Fsp3) is 0.0769. The van der Waals surface area contributed by atoms with Gasteiger partial charge >= 0.3 is 0 Å². The van der Waals surface area contributed by atoms with Crippen LogP contribution in [0.15, 0.2) is 43.8 Å². The molecule has 3 aromatic rings. The summed E-state index contributed by atoms with van der Waals surface area (Å²) in [6, 6.07) is 8.53. The molecular formula is C13H9BrN2O3. The molecule has 0 fully saturated rings. The lowest BCUT2D eigenvalue weighted by Gasteiger charge is -2.02. The van der Waals surface area contributed by atoms with Crippen LogP contribution in [0.25, 0.3) is 11.1 Å². The third kappa shape index (κ3) is 2.39. The van der Waals surface area contributed by atoms with Crippen molar-refractivity contribution in [1.82, 2.24) is 4.98 Å². The number of oxazole rings is 1. The quantitative estimate of drug-likeness (QED) is 0.780. The lowest BCUT2D eigenvalue weighted by Crippen LogP contribution is -2.10. The molecule has 1 amide bonds. The molecule has 0 atom stereocenters. The molecule has 3 rings (SSSR count). The molecule has 1 N–H and O–H groups in total. The van der Waals surface area contributed by atoms with E-state index < -0.39 is 0 Å². The summed E-state index contributed by atoms with van der Waals surface area (Å²) >= 11 is 3.15. The fourth-order valence-electron chi connectivity index (χ4n) is 1.75. The normalized spacial score (nSPS) is 10.8. The van der Waals surface area contributed by atoms with Crippen LogP contribution in [-0.4, -0.2) is 10.9 Å². The van der Waals surface area contributed by atoms with Gasteiger partial charge in [-0.25, -0.2) is 4.98 Å². The highest BCUT2D eigenvalue weighted by Crippen LogP contribution is 2.21. The number of carbonyl (C=O) groups is 1. The smallest absolute Gasteiger partial charge is 0.291 e. The van der Waals surface area contributed by atoms with Gasteiger partial charge in [-0.2, -0.15) is 0 Å². The number of nitrogens with one attached hydrogen (secondary N) is 1. The van der Waals surface area contributed by atoms with Crippen LogP contribution in [0.2, 0.25) is 0 Å². The van der Waals surface area contributed by atoms with Gasteiger partial charge in [-0.1, -0.05) is 0 Å². The van der Waals surface area contributed by atoms with Gasteiger partial charge in [0.2, 0.25) is 0 Å². The Bertz CT molecular complexity index is 760. The number of aryl methyl sites for hydroxylation is 1. The number of aromatic nitrogens is 1. The Kier molecular flexibility index (Phi) is 2.87. The molecule has 0 unspecified atom stereocenters. The molecule has 0 aliphatic rings. The number of furan rings is 1. The summed E-state index contributed by atoms with van der Waals surface area (Å²) in [6.07, 6.45) is 0. The Morgan fingerprint density at radius 2 is 2.11 bits per heavy atom. The van der Waals surface area contributed by atoms with Gasteiger partial charge in [-0.3, -0.25) is 4.79 Å². The number of carbonyl (C=O) groups excluding carboxylic acids is 1. The molecule has 5 nitrogen and oxygen atoms in total. The van der Waals surface area contributed by atoms with Crippen molar-refractivity contribution >= 4 is 38.6 Å². The van der Waals surface area contributed by atoms with Gasteiger partial charge in [0, 0.05) is 12.6 Å². The summed E-state index contributed by atoms with van der Waals surface area (Å²) in [5, 5.41) is 2.74. The van der Waals surface area contributed by atoms with Crippen LogP contribution in [0, 0.1) is 6.92 Å². The van der Waals surface area contributed by atoms with Gasteiger partial charge in [-0.05, 0) is 46.3 Å². The molecule has 0 spiro atoms. The van der Waals surface area contributed by atoms with Crippen molar-refractivity contribution in [3.05, 3.63) is 46.7 Å². The molecule has 0 radical (unpaired) electrons. The van der Waals surface area contributed by atoms with E-state index >= 15 is 0 Å². The van der Waals surface area contributed by atoms with Crippen LogP contribution in [0.5, 0.6) is 0 Å². The number of fused-ring (bicyclic) bond motifs is 1. The number of rotatable bonds is 2. The average Bonchev–Trinajstić information content (AvgIpc) is 2.93. The fourth-order valence-corrected chi connectivity index (χ4v) is 2.06. The molecule has 0 aliphatic heterocycles. The Balaban J connectivity index is 1.86. The maximum atomic E-state index is 11.9. The van der Waals surface area contributed by atoms with Crippen LogP contribution in [0.3, 0.4) is 0 Å². The summed E-state index contributed by atoms with van der Waals surface area (Å²) in [6.45, 7) is 1.78. The highest BCUT2D eigenvalue weighted by molar-refractivity contribution is 9.10. The first-order valence-corrected chi connectivity index (χ1v) is 6.35. The predicted octanol–water partition coefficient (Wildman–Crippen LogP) is 3.74. The largest absolute Gasteiger partial charge is 0.444 e. The van der Waals surface area contributed by atoms with Crippen molar-refractivity contribution < 1.29 is 13.6 Å². The number of benzene rings is 1. The summed E-state index contributed by atoms with van der Waals surface area (Å²) in [5.41, 5.74) is 2.03. The molecule has 19 heavy (non-hydrogen) atoms. The van der Waals surface area contributed by atoms with E-state index in [2.05, 4.69) is 26.2 Å². The Morgan fingerprint density at radius 1 is 1.26 bits per heavy atom. The van der Waals surface area contributed by atoms with Gasteiger partial charge in [0.25, 0.3) is 5.91 Å². The monoisotopic (exact) mass is 320 g/mol. The number of hydrogen-bond acceptors (Lipinski definition) is 4. The number of halogens is 1. The van der Waals surface area contributed by atoms with Gasteiger partial charge in [0.15, 0.2) is 21.9 Å². The van der Waals surface area contributed by atoms with Gasteiger partial charge in [-0.15, -0.1) is 0 Å². The SMILES string of the molecule is Cc1nc2cc(NC(=O)c3ccc(Br)o3)ccc2o1. The van der Waals surface area contributed by atoms with E-state index in [0.29, 0.717) is 27.3 Å². The molecular weight excluding hydrogens is 312 g/mol. The second-order valence-corrected chi connectivity index (χ2v) is 4.75. The Morgan fingerprint density at radius 3 is 2.84 bits per heavy atom. The lowest BCUT2D eigenvalue weighted by atomic mass is 10.3. The van der Waals surface area contributed by atoms with E-state index in [4.69, 9.17) is 8.83 Å². The minimum Gasteiger partial charge on any atom is -0.444 e. The summed E-state index contributed by atoms with van der Waals surface area (Å²) in [7, 11) is 0. The van der Waals surface area contributed by atoms with E-state index in [1.54, 1.807) is 37.3 Å². The number of anilines is 1. The second-order valence-electron chi connectivity index (χ2n) is 3.97. The maximum Gasteiger partial charge on any atom is 0.291 e. The molecule has 2 heterocycles. The zero-order valence-electron chi connectivity index (χ0n) is 9.94. The van der Waals surface area contributed by atoms with Crippen molar-refractivity contribution in [3.63, 3.8) is 0 Å². The highest BCUT2D eigenvalue weighted by atomic mass is 79.9. The van der Waals surface area contributed by atoms with E-state index in [0.717, 1.165) is 0 Å². The highest BCUT2D eigenvalue weighted by Gasteiger charge is 2.11. The lowest BCUT2D eigenvalue weighted by molar-refractivity contribution is 0.0995. The molecule has 0 aliphatic carbocycles. The van der Waals surface area contributed by atoms with Crippen molar-refractivity contribution in [2.24, 2.45) is 0 Å². The first-order chi connectivity index (χ1) is 9.11. The van der Waals surface area contributed by atoms with Gasteiger partial charge < -0.3 is 14.2 Å². The number of amides is 1. The van der Waals surface area contributed by atoms with Crippen molar-refractivity contribution in [3.8, 4) is 0 Å². The van der Waals surface area contributed by atoms with Gasteiger partial charge in [0.05, 0.1) is 0 Å². The Hall–Kier alpha value is -2.08. The van der Waals surface area contributed by atoms with Crippen molar-refractivity contribution in [2.45, 2.75) is 6.92 Å². The van der Waals surface area contributed by atoms with Crippen LogP contribution in [0.1, 0.15) is 16.4 Å². The van der Waals surface area contributed by atoms with E-state index in [1.807, 2.05) is 0 Å². The minimum absolute atomic E-state index is 0.239. The van der Waals surface area contributed by atoms with E-state index in [-0.39, 0.29) is 11.7 Å². The maximum absolute atomic E-state index is 11.9. The predicted molar refractivity (Wildman–Crippen MR) is 73.1 cm³/mol. The average molecular weight is 321 g/mol. The zero-order chi connectivity index (χ0) is 13.4. The van der Waals surface area contributed by atoms with Crippen LogP contribution in [-0.2, 0) is 0 Å². The summed E-state index contributed by atoms with van der Waals surface area (Å²) in [4.78, 5) is 16.1. The first-order valence-electron chi connectivity index (χ1n) is 5.56. The van der Waals surface area contributed by atoms with Gasteiger partial charge in [0.1, 0.15) is 5.52 Å². The summed E-state index contributed by atoms with van der Waals surface area (Å²) < 4.78 is 11.1. The van der Waals surface area contributed by atoms with Crippen molar-refractivity contribution in [1.29, 1.82) is 0 Å². The Labute approximate surface area is 116 Å². The second kappa shape index (κ2) is 4.55. The van der Waals surface area contributed by atoms with Crippen LogP contribution >= 0.6 is 15.9 Å².